The number of aliphatic imine (C=N–C) groups is 1. The van der Waals surface area contributed by atoms with Gasteiger partial charge in [-0.25, -0.2) is 9.79 Å². The third-order valence-electron chi connectivity index (χ3n) is 5.81. The number of rotatable bonds is 10. The monoisotopic (exact) mass is 545 g/mol. The van der Waals surface area contributed by atoms with Gasteiger partial charge in [-0.3, -0.25) is 14.5 Å². The van der Waals surface area contributed by atoms with Crippen molar-refractivity contribution in [1.29, 1.82) is 0 Å². The van der Waals surface area contributed by atoms with Gasteiger partial charge in [0.2, 0.25) is 11.8 Å². The summed E-state index contributed by atoms with van der Waals surface area (Å²) in [5.74, 6) is -0.147. The topological polar surface area (TPSA) is 97.3 Å². The minimum absolute atomic E-state index is 0.0435. The second-order valence-corrected chi connectivity index (χ2v) is 9.97. The van der Waals surface area contributed by atoms with Crippen LogP contribution >= 0.6 is 11.8 Å². The van der Waals surface area contributed by atoms with Crippen LogP contribution in [0.3, 0.4) is 0 Å². The Bertz CT molecular complexity index is 1310. The summed E-state index contributed by atoms with van der Waals surface area (Å²) in [6, 6.07) is 23.4. The fourth-order valence-electron chi connectivity index (χ4n) is 3.84. The van der Waals surface area contributed by atoms with Crippen molar-refractivity contribution in [2.24, 2.45) is 4.99 Å². The van der Waals surface area contributed by atoms with E-state index >= 15 is 0 Å². The number of hydrogen-bond donors (Lipinski definition) is 1. The lowest BCUT2D eigenvalue weighted by Gasteiger charge is -2.32. The molecule has 2 amide bonds. The van der Waals surface area contributed by atoms with Gasteiger partial charge in [0, 0.05) is 12.1 Å². The predicted molar refractivity (Wildman–Crippen MR) is 153 cm³/mol. The number of ether oxygens (including phenoxy) is 2. The third kappa shape index (κ3) is 7.70. The maximum absolute atomic E-state index is 13.3. The van der Waals surface area contributed by atoms with Gasteiger partial charge in [0.15, 0.2) is 5.17 Å². The first-order valence-corrected chi connectivity index (χ1v) is 13.7. The number of nitrogens with zero attached hydrogens (tertiary/aromatic N) is 2. The van der Waals surface area contributed by atoms with Crippen LogP contribution < -0.4 is 10.1 Å². The van der Waals surface area contributed by atoms with E-state index in [1.165, 1.54) is 11.8 Å². The third-order valence-corrected chi connectivity index (χ3v) is 7.00. The number of hydrogen-bond acceptors (Lipinski definition) is 7. The van der Waals surface area contributed by atoms with Gasteiger partial charge in [-0.05, 0) is 67.4 Å². The van der Waals surface area contributed by atoms with E-state index in [2.05, 4.69) is 5.32 Å². The van der Waals surface area contributed by atoms with Gasteiger partial charge in [0.25, 0.3) is 0 Å². The van der Waals surface area contributed by atoms with E-state index in [9.17, 15) is 14.4 Å². The fourth-order valence-corrected chi connectivity index (χ4v) is 4.93. The summed E-state index contributed by atoms with van der Waals surface area (Å²) in [7, 11) is 0. The lowest BCUT2D eigenvalue weighted by Crippen LogP contribution is -2.44. The zero-order chi connectivity index (χ0) is 27.6. The largest absolute Gasteiger partial charge is 0.494 e. The number of esters is 1. The molecule has 1 fully saturated rings. The van der Waals surface area contributed by atoms with E-state index in [1.54, 1.807) is 60.4 Å². The van der Waals surface area contributed by atoms with Crippen LogP contribution in [0.1, 0.15) is 42.6 Å². The molecule has 9 heteroatoms. The molecule has 0 bridgehead atoms. The molecule has 0 radical (unpaired) electrons. The molecule has 1 saturated heterocycles. The molecule has 8 nitrogen and oxygen atoms in total. The number of anilines is 1. The van der Waals surface area contributed by atoms with E-state index in [1.807, 2.05) is 37.3 Å². The van der Waals surface area contributed by atoms with Crippen LogP contribution in [-0.2, 0) is 20.9 Å². The molecule has 1 atom stereocenters. The van der Waals surface area contributed by atoms with Crippen LogP contribution in [0, 0.1) is 0 Å². The quantitative estimate of drug-likeness (QED) is 0.323. The minimum atomic E-state index is -0.655. The second-order valence-electron chi connectivity index (χ2n) is 8.80. The summed E-state index contributed by atoms with van der Waals surface area (Å²) in [4.78, 5) is 44.8. The predicted octanol–water partition coefficient (Wildman–Crippen LogP) is 5.81. The Hall–Kier alpha value is -4.11. The molecule has 0 saturated carbocycles. The van der Waals surface area contributed by atoms with Crippen molar-refractivity contribution in [2.45, 2.75) is 38.5 Å². The van der Waals surface area contributed by atoms with Crippen molar-refractivity contribution in [3.8, 4) is 5.75 Å². The SMILES string of the molecule is CCCOc1ccc(NC(=O)C2CC(=O)N(Cc3ccccc3)C(=Nc3ccc(C(=O)OCC)cc3)S2)cc1. The van der Waals surface area contributed by atoms with E-state index < -0.39 is 11.2 Å². The normalized spacial score (nSPS) is 16.2. The van der Waals surface area contributed by atoms with E-state index in [-0.39, 0.29) is 24.8 Å². The molecule has 0 aliphatic carbocycles. The smallest absolute Gasteiger partial charge is 0.338 e. The minimum Gasteiger partial charge on any atom is -0.494 e. The summed E-state index contributed by atoms with van der Waals surface area (Å²) in [5, 5.41) is 2.67. The number of amidine groups is 1. The number of carbonyl (C=O) groups excluding carboxylic acids is 3. The number of carbonyl (C=O) groups is 3. The average molecular weight is 546 g/mol. The first-order valence-electron chi connectivity index (χ1n) is 12.9. The highest BCUT2D eigenvalue weighted by Gasteiger charge is 2.36. The van der Waals surface area contributed by atoms with E-state index in [4.69, 9.17) is 14.5 Å². The first-order chi connectivity index (χ1) is 19.0. The summed E-state index contributed by atoms with van der Waals surface area (Å²) in [6.07, 6.45) is 0.952. The maximum Gasteiger partial charge on any atom is 0.338 e. The van der Waals surface area contributed by atoms with Gasteiger partial charge in [-0.1, -0.05) is 49.0 Å². The molecule has 0 spiro atoms. The van der Waals surface area contributed by atoms with Crippen LogP contribution in [0.15, 0.2) is 83.9 Å². The molecule has 3 aromatic carbocycles. The summed E-state index contributed by atoms with van der Waals surface area (Å²) in [6.45, 7) is 5.03. The molecule has 3 aromatic rings. The van der Waals surface area contributed by atoms with Gasteiger partial charge < -0.3 is 14.8 Å². The Balaban J connectivity index is 1.53. The van der Waals surface area contributed by atoms with Gasteiger partial charge in [-0.2, -0.15) is 0 Å². The van der Waals surface area contributed by atoms with Crippen molar-refractivity contribution in [1.82, 2.24) is 4.90 Å². The fraction of sp³-hybridized carbons (Fsp3) is 0.267. The Morgan fingerprint density at radius 1 is 1.00 bits per heavy atom. The van der Waals surface area contributed by atoms with Crippen LogP contribution in [-0.4, -0.2) is 46.3 Å². The highest BCUT2D eigenvalue weighted by molar-refractivity contribution is 8.15. The Labute approximate surface area is 232 Å². The zero-order valence-electron chi connectivity index (χ0n) is 22.0. The second kappa shape index (κ2) is 13.6. The van der Waals surface area contributed by atoms with Gasteiger partial charge >= 0.3 is 5.97 Å². The Morgan fingerprint density at radius 2 is 1.72 bits per heavy atom. The average Bonchev–Trinajstić information content (AvgIpc) is 2.95. The first kappa shape index (κ1) is 27.9. The Kier molecular flexibility index (Phi) is 9.74. The molecule has 0 aromatic heterocycles. The lowest BCUT2D eigenvalue weighted by atomic mass is 10.2. The van der Waals surface area contributed by atoms with Gasteiger partial charge in [-0.15, -0.1) is 0 Å². The molecule has 1 unspecified atom stereocenters. The molecule has 1 aliphatic heterocycles. The molecular weight excluding hydrogens is 514 g/mol. The van der Waals surface area contributed by atoms with Gasteiger partial charge in [0.05, 0.1) is 31.0 Å². The molecule has 202 valence electrons. The summed E-state index contributed by atoms with van der Waals surface area (Å²) < 4.78 is 10.6. The van der Waals surface area contributed by atoms with E-state index in [0.717, 1.165) is 17.7 Å². The highest BCUT2D eigenvalue weighted by Crippen LogP contribution is 2.31. The van der Waals surface area contributed by atoms with Gasteiger partial charge in [0.1, 0.15) is 11.0 Å². The number of amides is 2. The van der Waals surface area contributed by atoms with E-state index in [0.29, 0.717) is 35.3 Å². The van der Waals surface area contributed by atoms with Crippen LogP contribution in [0.25, 0.3) is 0 Å². The van der Waals surface area contributed by atoms with Crippen molar-refractivity contribution in [2.75, 3.05) is 18.5 Å². The zero-order valence-corrected chi connectivity index (χ0v) is 22.8. The van der Waals surface area contributed by atoms with Crippen molar-refractivity contribution < 1.29 is 23.9 Å². The van der Waals surface area contributed by atoms with Crippen LogP contribution in [0.2, 0.25) is 0 Å². The maximum atomic E-state index is 13.3. The highest BCUT2D eigenvalue weighted by atomic mass is 32.2. The molecule has 1 heterocycles. The Morgan fingerprint density at radius 3 is 2.38 bits per heavy atom. The summed E-state index contributed by atoms with van der Waals surface area (Å²) in [5.41, 5.74) is 2.54. The lowest BCUT2D eigenvalue weighted by molar-refractivity contribution is -0.129. The van der Waals surface area contributed by atoms with Crippen molar-refractivity contribution >= 4 is 46.1 Å². The van der Waals surface area contributed by atoms with Crippen LogP contribution in [0.5, 0.6) is 5.75 Å². The molecule has 39 heavy (non-hydrogen) atoms. The summed E-state index contributed by atoms with van der Waals surface area (Å²) >= 11 is 1.24. The number of nitrogens with one attached hydrogen (secondary N) is 1. The molecule has 1 N–H and O–H groups in total. The molecule has 4 rings (SSSR count). The molecule has 1 aliphatic rings. The number of benzene rings is 3. The standard InChI is InChI=1S/C30H31N3O5S/c1-3-18-38-25-16-14-23(15-17-25)31-28(35)26-19-27(34)33(20-21-8-6-5-7-9-21)30(39-26)32-24-12-10-22(11-13-24)29(36)37-4-2/h5-17,26H,3-4,18-20H2,1-2H3,(H,31,35). The van der Waals surface area contributed by atoms with Crippen LogP contribution in [0.4, 0.5) is 11.4 Å². The van der Waals surface area contributed by atoms with Crippen molar-refractivity contribution in [3.63, 3.8) is 0 Å². The molecular formula is C30H31N3O5S. The number of thioether (sulfide) groups is 1. The van der Waals surface area contributed by atoms with Crippen molar-refractivity contribution in [3.05, 3.63) is 90.0 Å².